The Morgan fingerprint density at radius 1 is 1.42 bits per heavy atom. The summed E-state index contributed by atoms with van der Waals surface area (Å²) in [5, 5.41) is 9.53. The number of aromatic nitrogens is 2. The van der Waals surface area contributed by atoms with Crippen molar-refractivity contribution in [1.29, 1.82) is 0 Å². The molecule has 1 N–H and O–H groups in total. The average molecular weight is 257 g/mol. The number of aryl methyl sites for hydroxylation is 1. The van der Waals surface area contributed by atoms with Crippen LogP contribution in [0.2, 0.25) is 0 Å². The molecule has 2 rings (SSSR count). The number of benzene rings is 1. The molecule has 102 valence electrons. The molecule has 0 saturated carbocycles. The zero-order chi connectivity index (χ0) is 13.8. The normalized spacial score (nSPS) is 12.8. The van der Waals surface area contributed by atoms with Gasteiger partial charge in [-0.05, 0) is 32.4 Å². The summed E-state index contributed by atoms with van der Waals surface area (Å²) in [7, 11) is 2.00. The Hall–Kier alpha value is -1.61. The minimum Gasteiger partial charge on any atom is -0.308 e. The first-order valence-corrected chi connectivity index (χ1v) is 6.93. The summed E-state index contributed by atoms with van der Waals surface area (Å²) < 4.78 is 1.96. The van der Waals surface area contributed by atoms with E-state index in [1.165, 1.54) is 16.5 Å². The molecule has 1 heterocycles. The first kappa shape index (κ1) is 13.8. The van der Waals surface area contributed by atoms with Gasteiger partial charge in [-0.1, -0.05) is 30.7 Å². The van der Waals surface area contributed by atoms with E-state index in [2.05, 4.69) is 50.0 Å². The number of nitrogens with zero attached hydrogens (tertiary/aromatic N) is 2. The van der Waals surface area contributed by atoms with Crippen LogP contribution in [-0.4, -0.2) is 16.3 Å². The third kappa shape index (κ3) is 3.04. The topological polar surface area (TPSA) is 29.9 Å². The fourth-order valence-electron chi connectivity index (χ4n) is 2.43. The molecule has 0 bridgehead atoms. The predicted octanol–water partition coefficient (Wildman–Crippen LogP) is 3.58. The number of hydrogen-bond donors (Lipinski definition) is 1. The van der Waals surface area contributed by atoms with Crippen molar-refractivity contribution in [3.8, 4) is 0 Å². The second kappa shape index (κ2) is 6.02. The van der Waals surface area contributed by atoms with Crippen LogP contribution in [0, 0.1) is 0 Å². The standard InChI is InChI=1S/C16H23N3/c1-5-10-17-14(11-12(2)3)16-13-8-6-7-9-15(13)19(4)18-16/h6-9,14,17H,2,5,10-11H2,1,3-4H3. The van der Waals surface area contributed by atoms with Crippen molar-refractivity contribution in [3.63, 3.8) is 0 Å². The summed E-state index contributed by atoms with van der Waals surface area (Å²) in [5.74, 6) is 0. The van der Waals surface area contributed by atoms with E-state index in [0.717, 1.165) is 25.1 Å². The Kier molecular flexibility index (Phi) is 4.38. The van der Waals surface area contributed by atoms with E-state index in [1.807, 2.05) is 11.7 Å². The maximum Gasteiger partial charge on any atom is 0.0875 e. The monoisotopic (exact) mass is 257 g/mol. The van der Waals surface area contributed by atoms with Crippen LogP contribution in [0.5, 0.6) is 0 Å². The molecular formula is C16H23N3. The average Bonchev–Trinajstić information content (AvgIpc) is 2.72. The number of hydrogen-bond acceptors (Lipinski definition) is 2. The van der Waals surface area contributed by atoms with Crippen molar-refractivity contribution in [2.45, 2.75) is 32.7 Å². The van der Waals surface area contributed by atoms with E-state index in [0.29, 0.717) is 0 Å². The molecule has 3 heteroatoms. The Bertz CT molecular complexity index is 568. The molecule has 0 fully saturated rings. The number of fused-ring (bicyclic) bond motifs is 1. The Labute approximate surface area is 115 Å². The number of nitrogens with one attached hydrogen (secondary N) is 1. The summed E-state index contributed by atoms with van der Waals surface area (Å²) in [4.78, 5) is 0. The van der Waals surface area contributed by atoms with Crippen LogP contribution in [0.25, 0.3) is 10.9 Å². The molecule has 0 radical (unpaired) electrons. The van der Waals surface area contributed by atoms with Gasteiger partial charge < -0.3 is 5.32 Å². The van der Waals surface area contributed by atoms with Crippen molar-refractivity contribution >= 4 is 10.9 Å². The second-order valence-corrected chi connectivity index (χ2v) is 5.19. The van der Waals surface area contributed by atoms with Crippen LogP contribution in [0.15, 0.2) is 36.4 Å². The number of rotatable bonds is 6. The minimum absolute atomic E-state index is 0.253. The predicted molar refractivity (Wildman–Crippen MR) is 81.2 cm³/mol. The molecule has 1 atom stereocenters. The highest BCUT2D eigenvalue weighted by Crippen LogP contribution is 2.26. The molecule has 2 aromatic rings. The lowest BCUT2D eigenvalue weighted by atomic mass is 10.0. The first-order chi connectivity index (χ1) is 9.13. The Balaban J connectivity index is 2.40. The van der Waals surface area contributed by atoms with E-state index in [9.17, 15) is 0 Å². The van der Waals surface area contributed by atoms with Gasteiger partial charge in [0.15, 0.2) is 0 Å². The van der Waals surface area contributed by atoms with E-state index < -0.39 is 0 Å². The molecule has 0 aliphatic heterocycles. The van der Waals surface area contributed by atoms with Crippen LogP contribution >= 0.6 is 0 Å². The Morgan fingerprint density at radius 3 is 2.84 bits per heavy atom. The third-order valence-electron chi connectivity index (χ3n) is 3.31. The van der Waals surface area contributed by atoms with E-state index >= 15 is 0 Å². The highest BCUT2D eigenvalue weighted by Gasteiger charge is 2.18. The Morgan fingerprint density at radius 2 is 2.16 bits per heavy atom. The van der Waals surface area contributed by atoms with Gasteiger partial charge in [-0.3, -0.25) is 4.68 Å². The van der Waals surface area contributed by atoms with Crippen molar-refractivity contribution < 1.29 is 0 Å². The smallest absolute Gasteiger partial charge is 0.0875 e. The minimum atomic E-state index is 0.253. The van der Waals surface area contributed by atoms with Crippen molar-refractivity contribution in [1.82, 2.24) is 15.1 Å². The second-order valence-electron chi connectivity index (χ2n) is 5.19. The van der Waals surface area contributed by atoms with Crippen LogP contribution in [0.3, 0.4) is 0 Å². The van der Waals surface area contributed by atoms with E-state index in [4.69, 9.17) is 5.10 Å². The molecule has 0 saturated heterocycles. The quantitative estimate of drug-likeness (QED) is 0.802. The van der Waals surface area contributed by atoms with Gasteiger partial charge in [0.2, 0.25) is 0 Å². The number of para-hydroxylation sites is 1. The van der Waals surface area contributed by atoms with Crippen LogP contribution in [0.1, 0.15) is 38.4 Å². The fourth-order valence-corrected chi connectivity index (χ4v) is 2.43. The highest BCUT2D eigenvalue weighted by molar-refractivity contribution is 5.82. The van der Waals surface area contributed by atoms with Gasteiger partial charge in [-0.2, -0.15) is 5.10 Å². The third-order valence-corrected chi connectivity index (χ3v) is 3.31. The summed E-state index contributed by atoms with van der Waals surface area (Å²) in [5.41, 5.74) is 3.50. The molecule has 1 aromatic carbocycles. The van der Waals surface area contributed by atoms with Crippen molar-refractivity contribution in [2.24, 2.45) is 7.05 Å². The van der Waals surface area contributed by atoms with Gasteiger partial charge in [0.05, 0.1) is 17.3 Å². The molecule has 0 amide bonds. The highest BCUT2D eigenvalue weighted by atomic mass is 15.3. The van der Waals surface area contributed by atoms with Gasteiger partial charge in [0.1, 0.15) is 0 Å². The maximum atomic E-state index is 4.71. The SMILES string of the molecule is C=C(C)CC(NCCC)c1nn(C)c2ccccc12. The van der Waals surface area contributed by atoms with Gasteiger partial charge >= 0.3 is 0 Å². The van der Waals surface area contributed by atoms with Crippen LogP contribution in [0.4, 0.5) is 0 Å². The largest absolute Gasteiger partial charge is 0.308 e. The summed E-state index contributed by atoms with van der Waals surface area (Å²) in [6.07, 6.45) is 2.05. The van der Waals surface area contributed by atoms with Gasteiger partial charge in [0.25, 0.3) is 0 Å². The lowest BCUT2D eigenvalue weighted by Crippen LogP contribution is -2.23. The lowest BCUT2D eigenvalue weighted by molar-refractivity contribution is 0.512. The molecule has 0 aliphatic carbocycles. The van der Waals surface area contributed by atoms with Gasteiger partial charge in [-0.25, -0.2) is 0 Å². The molecular weight excluding hydrogens is 234 g/mol. The molecule has 0 aliphatic rings. The fraction of sp³-hybridized carbons (Fsp3) is 0.438. The molecule has 3 nitrogen and oxygen atoms in total. The molecule has 19 heavy (non-hydrogen) atoms. The van der Waals surface area contributed by atoms with Gasteiger partial charge in [0, 0.05) is 12.4 Å². The zero-order valence-electron chi connectivity index (χ0n) is 12.1. The lowest BCUT2D eigenvalue weighted by Gasteiger charge is -2.17. The maximum absolute atomic E-state index is 4.71. The van der Waals surface area contributed by atoms with Gasteiger partial charge in [-0.15, -0.1) is 6.58 Å². The van der Waals surface area contributed by atoms with Crippen molar-refractivity contribution in [3.05, 3.63) is 42.1 Å². The summed E-state index contributed by atoms with van der Waals surface area (Å²) >= 11 is 0. The summed E-state index contributed by atoms with van der Waals surface area (Å²) in [6, 6.07) is 8.65. The molecule has 0 spiro atoms. The molecule has 1 aromatic heterocycles. The van der Waals surface area contributed by atoms with Crippen LogP contribution in [-0.2, 0) is 7.05 Å². The van der Waals surface area contributed by atoms with E-state index in [-0.39, 0.29) is 6.04 Å². The zero-order valence-corrected chi connectivity index (χ0v) is 12.1. The van der Waals surface area contributed by atoms with E-state index in [1.54, 1.807) is 0 Å². The molecule has 1 unspecified atom stereocenters. The summed E-state index contributed by atoms with van der Waals surface area (Å²) in [6.45, 7) is 9.30. The first-order valence-electron chi connectivity index (χ1n) is 6.93. The van der Waals surface area contributed by atoms with Crippen LogP contribution < -0.4 is 5.32 Å². The van der Waals surface area contributed by atoms with Crippen molar-refractivity contribution in [2.75, 3.05) is 6.54 Å².